The summed E-state index contributed by atoms with van der Waals surface area (Å²) in [6.07, 6.45) is 0. The van der Waals surface area contributed by atoms with Gasteiger partial charge in [-0.25, -0.2) is 0 Å². The highest BCUT2D eigenvalue weighted by Crippen LogP contribution is 2.36. The molecule has 0 radical (unpaired) electrons. The summed E-state index contributed by atoms with van der Waals surface area (Å²) in [5.74, 6) is 1.39. The van der Waals surface area contributed by atoms with E-state index in [2.05, 4.69) is 0 Å². The van der Waals surface area contributed by atoms with Crippen LogP contribution >= 0.6 is 22.9 Å². The fourth-order valence-corrected chi connectivity index (χ4v) is 2.49. The van der Waals surface area contributed by atoms with Gasteiger partial charge in [0.1, 0.15) is 11.5 Å². The molecule has 0 unspecified atom stereocenters. The van der Waals surface area contributed by atoms with Crippen molar-refractivity contribution >= 4 is 33.0 Å². The fourth-order valence-electron chi connectivity index (χ4n) is 1.34. The maximum atomic E-state index is 9.68. The molecule has 1 aromatic heterocycles. The summed E-state index contributed by atoms with van der Waals surface area (Å²) in [6.45, 7) is 0. The summed E-state index contributed by atoms with van der Waals surface area (Å²) < 4.78 is 5.92. The molecule has 0 aliphatic carbocycles. The van der Waals surface area contributed by atoms with Gasteiger partial charge in [0.05, 0.1) is 17.7 Å². The van der Waals surface area contributed by atoms with Gasteiger partial charge in [-0.3, -0.25) is 0 Å². The Balaban J connectivity index is 2.67. The third-order valence-electron chi connectivity index (χ3n) is 1.99. The first-order valence-electron chi connectivity index (χ1n) is 4.10. The van der Waals surface area contributed by atoms with E-state index in [9.17, 15) is 5.11 Å². The minimum absolute atomic E-state index is 0.251. The molecule has 1 aromatic carbocycles. The van der Waals surface area contributed by atoms with Gasteiger partial charge in [0.25, 0.3) is 0 Å². The standard InChI is InChI=1S/C10H9ClO2S/c1-13-7-2-6-3-8(5-11)14-10(6)9(12)4-7/h2-4,12H,5H2,1H3. The van der Waals surface area contributed by atoms with E-state index < -0.39 is 0 Å². The third-order valence-corrected chi connectivity index (χ3v) is 3.61. The lowest BCUT2D eigenvalue weighted by atomic mass is 10.2. The number of aromatic hydroxyl groups is 1. The Kier molecular flexibility index (Phi) is 2.52. The number of phenolic OH excluding ortho intramolecular Hbond substituents is 1. The molecule has 74 valence electrons. The van der Waals surface area contributed by atoms with Crippen LogP contribution in [0.25, 0.3) is 10.1 Å². The van der Waals surface area contributed by atoms with E-state index in [0.717, 1.165) is 15.0 Å². The Bertz CT molecular complexity index is 464. The molecule has 1 N–H and O–H groups in total. The Morgan fingerprint density at radius 1 is 1.43 bits per heavy atom. The van der Waals surface area contributed by atoms with Gasteiger partial charge >= 0.3 is 0 Å². The molecule has 2 rings (SSSR count). The number of phenols is 1. The predicted molar refractivity (Wildman–Crippen MR) is 59.6 cm³/mol. The zero-order chi connectivity index (χ0) is 10.1. The monoisotopic (exact) mass is 228 g/mol. The first-order chi connectivity index (χ1) is 6.74. The van der Waals surface area contributed by atoms with Gasteiger partial charge < -0.3 is 9.84 Å². The lowest BCUT2D eigenvalue weighted by Crippen LogP contribution is -1.80. The first kappa shape index (κ1) is 9.62. The van der Waals surface area contributed by atoms with Crippen LogP contribution in [0.5, 0.6) is 11.5 Å². The number of hydrogen-bond acceptors (Lipinski definition) is 3. The minimum Gasteiger partial charge on any atom is -0.506 e. The zero-order valence-corrected chi connectivity index (χ0v) is 9.15. The normalized spacial score (nSPS) is 10.7. The summed E-state index contributed by atoms with van der Waals surface area (Å²) in [6, 6.07) is 5.47. The van der Waals surface area contributed by atoms with Crippen molar-refractivity contribution in [3.05, 3.63) is 23.1 Å². The molecule has 2 nitrogen and oxygen atoms in total. The second kappa shape index (κ2) is 3.67. The highest BCUT2D eigenvalue weighted by Gasteiger charge is 2.07. The quantitative estimate of drug-likeness (QED) is 0.799. The average Bonchev–Trinajstić information content (AvgIpc) is 2.61. The predicted octanol–water partition coefficient (Wildman–Crippen LogP) is 3.35. The number of ether oxygens (including phenoxy) is 1. The molecule has 0 bridgehead atoms. The van der Waals surface area contributed by atoms with Crippen LogP contribution in [0, 0.1) is 0 Å². The second-order valence-corrected chi connectivity index (χ2v) is 4.32. The van der Waals surface area contributed by atoms with Gasteiger partial charge in [-0.15, -0.1) is 22.9 Å². The molecule has 0 saturated carbocycles. The SMILES string of the molecule is COc1cc(O)c2sc(CCl)cc2c1. The summed E-state index contributed by atoms with van der Waals surface area (Å²) >= 11 is 7.23. The molecule has 0 fully saturated rings. The molecule has 0 amide bonds. The van der Waals surface area contributed by atoms with Crippen LogP contribution in [0.2, 0.25) is 0 Å². The molecule has 0 atom stereocenters. The Morgan fingerprint density at radius 2 is 2.21 bits per heavy atom. The lowest BCUT2D eigenvalue weighted by Gasteiger charge is -2.00. The average molecular weight is 229 g/mol. The van der Waals surface area contributed by atoms with Crippen molar-refractivity contribution in [1.29, 1.82) is 0 Å². The number of alkyl halides is 1. The highest BCUT2D eigenvalue weighted by molar-refractivity contribution is 7.19. The van der Waals surface area contributed by atoms with E-state index in [4.69, 9.17) is 16.3 Å². The van der Waals surface area contributed by atoms with Crippen molar-refractivity contribution in [2.45, 2.75) is 5.88 Å². The van der Waals surface area contributed by atoms with Gasteiger partial charge in [-0.2, -0.15) is 0 Å². The lowest BCUT2D eigenvalue weighted by molar-refractivity contribution is 0.409. The number of rotatable bonds is 2. The van der Waals surface area contributed by atoms with E-state index in [0.29, 0.717) is 11.6 Å². The summed E-state index contributed by atoms with van der Waals surface area (Å²) in [5, 5.41) is 10.7. The topological polar surface area (TPSA) is 29.5 Å². The first-order valence-corrected chi connectivity index (χ1v) is 5.45. The molecule has 14 heavy (non-hydrogen) atoms. The summed E-state index contributed by atoms with van der Waals surface area (Å²) in [7, 11) is 1.58. The van der Waals surface area contributed by atoms with Crippen molar-refractivity contribution in [2.75, 3.05) is 7.11 Å². The third kappa shape index (κ3) is 1.53. The van der Waals surface area contributed by atoms with Crippen LogP contribution in [-0.4, -0.2) is 12.2 Å². The Hall–Kier alpha value is -0.930. The smallest absolute Gasteiger partial charge is 0.137 e. The molecule has 2 aromatic rings. The van der Waals surface area contributed by atoms with Crippen LogP contribution in [0.3, 0.4) is 0 Å². The van der Waals surface area contributed by atoms with Crippen molar-refractivity contribution in [1.82, 2.24) is 0 Å². The van der Waals surface area contributed by atoms with Gasteiger partial charge in [0, 0.05) is 16.3 Å². The number of benzene rings is 1. The maximum Gasteiger partial charge on any atom is 0.137 e. The van der Waals surface area contributed by atoms with E-state index in [1.54, 1.807) is 13.2 Å². The highest BCUT2D eigenvalue weighted by atomic mass is 35.5. The zero-order valence-electron chi connectivity index (χ0n) is 7.58. The minimum atomic E-state index is 0.251. The van der Waals surface area contributed by atoms with Crippen LogP contribution in [0.15, 0.2) is 18.2 Å². The van der Waals surface area contributed by atoms with Gasteiger partial charge in [0.2, 0.25) is 0 Å². The van der Waals surface area contributed by atoms with Crippen molar-refractivity contribution in [3.8, 4) is 11.5 Å². The number of hydrogen-bond donors (Lipinski definition) is 1. The molecule has 0 aliphatic heterocycles. The fraction of sp³-hybridized carbons (Fsp3) is 0.200. The second-order valence-electron chi connectivity index (χ2n) is 2.91. The Morgan fingerprint density at radius 3 is 2.86 bits per heavy atom. The summed E-state index contributed by atoms with van der Waals surface area (Å²) in [5.41, 5.74) is 0. The molecule has 0 aliphatic rings. The van der Waals surface area contributed by atoms with Crippen molar-refractivity contribution in [2.24, 2.45) is 0 Å². The van der Waals surface area contributed by atoms with Crippen molar-refractivity contribution < 1.29 is 9.84 Å². The molecule has 0 saturated heterocycles. The molecular formula is C10H9ClO2S. The number of fused-ring (bicyclic) bond motifs is 1. The molecule has 0 spiro atoms. The van der Waals surface area contributed by atoms with Crippen molar-refractivity contribution in [3.63, 3.8) is 0 Å². The number of methoxy groups -OCH3 is 1. The van der Waals surface area contributed by atoms with E-state index in [1.165, 1.54) is 11.3 Å². The van der Waals surface area contributed by atoms with E-state index in [-0.39, 0.29) is 5.75 Å². The van der Waals surface area contributed by atoms with E-state index >= 15 is 0 Å². The van der Waals surface area contributed by atoms with E-state index in [1.807, 2.05) is 12.1 Å². The molecular weight excluding hydrogens is 220 g/mol. The van der Waals surface area contributed by atoms with Crippen LogP contribution in [-0.2, 0) is 5.88 Å². The maximum absolute atomic E-state index is 9.68. The van der Waals surface area contributed by atoms with Crippen LogP contribution < -0.4 is 4.74 Å². The van der Waals surface area contributed by atoms with Gasteiger partial charge in [0.15, 0.2) is 0 Å². The summed E-state index contributed by atoms with van der Waals surface area (Å²) in [4.78, 5) is 1.05. The molecule has 1 heterocycles. The van der Waals surface area contributed by atoms with Gasteiger partial charge in [-0.05, 0) is 12.1 Å². The van der Waals surface area contributed by atoms with Crippen LogP contribution in [0.4, 0.5) is 0 Å². The van der Waals surface area contributed by atoms with Crippen LogP contribution in [0.1, 0.15) is 4.88 Å². The largest absolute Gasteiger partial charge is 0.506 e. The number of thiophene rings is 1. The molecule has 4 heteroatoms. The van der Waals surface area contributed by atoms with Gasteiger partial charge in [-0.1, -0.05) is 0 Å². The Labute approximate surface area is 90.7 Å². The number of halogens is 1.